The van der Waals surface area contributed by atoms with Crippen molar-refractivity contribution in [3.8, 4) is 0 Å². The van der Waals surface area contributed by atoms with Gasteiger partial charge in [-0.15, -0.1) is 0 Å². The van der Waals surface area contributed by atoms with Gasteiger partial charge in [-0.1, -0.05) is 6.92 Å². The van der Waals surface area contributed by atoms with Crippen LogP contribution in [0.25, 0.3) is 0 Å². The molecule has 92 valence electrons. The van der Waals surface area contributed by atoms with Crippen LogP contribution in [0.1, 0.15) is 13.3 Å². The van der Waals surface area contributed by atoms with Crippen molar-refractivity contribution in [2.45, 2.75) is 13.3 Å². The molecule has 3 N–H and O–H groups in total. The lowest BCUT2D eigenvalue weighted by molar-refractivity contribution is -0.137. The fraction of sp³-hybridized carbons (Fsp3) is 0.667. The van der Waals surface area contributed by atoms with Crippen LogP contribution < -0.4 is 10.6 Å². The molecule has 16 heavy (non-hydrogen) atoms. The highest BCUT2D eigenvalue weighted by Gasteiger charge is 2.15. The average Bonchev–Trinajstić information content (AvgIpc) is 2.24. The first-order valence-electron chi connectivity index (χ1n) is 4.96. The molecule has 0 aromatic heterocycles. The SMILES string of the molecule is CCCN(CC(=O)O)C(=O)NCC(=O)NC. The van der Waals surface area contributed by atoms with E-state index in [1.54, 1.807) is 0 Å². The van der Waals surface area contributed by atoms with E-state index in [1.165, 1.54) is 7.05 Å². The summed E-state index contributed by atoms with van der Waals surface area (Å²) in [6.45, 7) is 1.65. The molecule has 7 heteroatoms. The molecule has 7 nitrogen and oxygen atoms in total. The Balaban J connectivity index is 4.16. The summed E-state index contributed by atoms with van der Waals surface area (Å²) in [4.78, 5) is 33.9. The van der Waals surface area contributed by atoms with Crippen LogP contribution >= 0.6 is 0 Å². The zero-order valence-electron chi connectivity index (χ0n) is 9.45. The monoisotopic (exact) mass is 231 g/mol. The van der Waals surface area contributed by atoms with Crippen LogP contribution in [-0.2, 0) is 9.59 Å². The minimum Gasteiger partial charge on any atom is -0.480 e. The number of carbonyl (C=O) groups is 3. The summed E-state index contributed by atoms with van der Waals surface area (Å²) >= 11 is 0. The molecule has 0 saturated heterocycles. The molecule has 0 radical (unpaired) electrons. The molecule has 0 heterocycles. The Morgan fingerprint density at radius 1 is 1.31 bits per heavy atom. The van der Waals surface area contributed by atoms with E-state index in [2.05, 4.69) is 10.6 Å². The van der Waals surface area contributed by atoms with Crippen molar-refractivity contribution in [2.24, 2.45) is 0 Å². The first-order chi connectivity index (χ1) is 7.51. The van der Waals surface area contributed by atoms with Gasteiger partial charge in [0, 0.05) is 13.6 Å². The van der Waals surface area contributed by atoms with E-state index in [0.717, 1.165) is 4.90 Å². The van der Waals surface area contributed by atoms with Gasteiger partial charge >= 0.3 is 12.0 Å². The smallest absolute Gasteiger partial charge is 0.323 e. The number of aliphatic carboxylic acids is 1. The normalized spacial score (nSPS) is 9.38. The Labute approximate surface area is 93.8 Å². The third-order valence-corrected chi connectivity index (χ3v) is 1.79. The second-order valence-electron chi connectivity index (χ2n) is 3.15. The first kappa shape index (κ1) is 14.2. The highest BCUT2D eigenvalue weighted by atomic mass is 16.4. The number of rotatable bonds is 6. The van der Waals surface area contributed by atoms with Crippen LogP contribution in [-0.4, -0.2) is 54.6 Å². The number of hydrogen-bond acceptors (Lipinski definition) is 3. The zero-order valence-corrected chi connectivity index (χ0v) is 9.45. The van der Waals surface area contributed by atoms with E-state index < -0.39 is 12.0 Å². The molecule has 0 saturated carbocycles. The van der Waals surface area contributed by atoms with E-state index in [-0.39, 0.29) is 19.0 Å². The van der Waals surface area contributed by atoms with Crippen molar-refractivity contribution in [2.75, 3.05) is 26.7 Å². The number of hydrogen-bond donors (Lipinski definition) is 3. The summed E-state index contributed by atoms with van der Waals surface area (Å²) in [5.74, 6) is -1.41. The summed E-state index contributed by atoms with van der Waals surface area (Å²) < 4.78 is 0. The number of carboxylic acid groups (broad SMARTS) is 1. The van der Waals surface area contributed by atoms with Gasteiger partial charge in [0.05, 0.1) is 6.54 Å². The maximum absolute atomic E-state index is 11.5. The topological polar surface area (TPSA) is 98.7 Å². The van der Waals surface area contributed by atoms with Gasteiger partial charge in [-0.25, -0.2) is 4.79 Å². The molecule has 0 aromatic carbocycles. The standard InChI is InChI=1S/C9H17N3O4/c1-3-4-12(6-8(14)15)9(16)11-5-7(13)10-2/h3-6H2,1-2H3,(H,10,13)(H,11,16)(H,14,15). The largest absolute Gasteiger partial charge is 0.480 e. The molecular weight excluding hydrogens is 214 g/mol. The first-order valence-corrected chi connectivity index (χ1v) is 4.96. The Morgan fingerprint density at radius 2 is 1.94 bits per heavy atom. The molecule has 0 aromatic rings. The van der Waals surface area contributed by atoms with Gasteiger partial charge in [-0.2, -0.15) is 0 Å². The van der Waals surface area contributed by atoms with Crippen LogP contribution in [0.3, 0.4) is 0 Å². The second-order valence-corrected chi connectivity index (χ2v) is 3.15. The van der Waals surface area contributed by atoms with Crippen LogP contribution in [0.4, 0.5) is 4.79 Å². The molecule has 0 unspecified atom stereocenters. The summed E-state index contributed by atoms with van der Waals surface area (Å²) in [7, 11) is 1.45. The van der Waals surface area contributed by atoms with Crippen molar-refractivity contribution in [3.63, 3.8) is 0 Å². The minimum absolute atomic E-state index is 0.158. The Hall–Kier alpha value is -1.79. The van der Waals surface area contributed by atoms with Gasteiger partial charge in [-0.05, 0) is 6.42 Å². The Bertz CT molecular complexity index is 267. The number of likely N-dealkylation sites (N-methyl/N-ethyl adjacent to an activating group) is 1. The number of nitrogens with zero attached hydrogens (tertiary/aromatic N) is 1. The molecule has 0 aliphatic carbocycles. The van der Waals surface area contributed by atoms with Gasteiger partial charge in [0.2, 0.25) is 5.91 Å². The number of nitrogens with one attached hydrogen (secondary N) is 2. The van der Waals surface area contributed by atoms with E-state index in [4.69, 9.17) is 5.11 Å². The maximum Gasteiger partial charge on any atom is 0.323 e. The molecule has 0 atom stereocenters. The average molecular weight is 231 g/mol. The molecular formula is C9H17N3O4. The molecule has 0 rings (SSSR count). The van der Waals surface area contributed by atoms with Crippen LogP contribution in [0.15, 0.2) is 0 Å². The third kappa shape index (κ3) is 5.84. The summed E-state index contributed by atoms with van der Waals surface area (Å²) in [5, 5.41) is 13.3. The van der Waals surface area contributed by atoms with Gasteiger partial charge < -0.3 is 20.6 Å². The molecule has 0 bridgehead atoms. The van der Waals surface area contributed by atoms with E-state index >= 15 is 0 Å². The molecule has 0 aliphatic rings. The number of urea groups is 1. The zero-order chi connectivity index (χ0) is 12.6. The molecule has 0 fully saturated rings. The van der Waals surface area contributed by atoms with Crippen molar-refractivity contribution in [1.29, 1.82) is 0 Å². The summed E-state index contributed by atoms with van der Waals surface area (Å²) in [6, 6.07) is -0.548. The highest BCUT2D eigenvalue weighted by Crippen LogP contribution is 1.92. The molecule has 0 aliphatic heterocycles. The predicted octanol–water partition coefficient (Wildman–Crippen LogP) is -0.761. The van der Waals surface area contributed by atoms with Crippen molar-refractivity contribution < 1.29 is 19.5 Å². The summed E-state index contributed by atoms with van der Waals surface area (Å²) in [5.41, 5.74) is 0. The van der Waals surface area contributed by atoms with E-state index in [1.807, 2.05) is 6.92 Å². The van der Waals surface area contributed by atoms with Gasteiger partial charge in [0.1, 0.15) is 6.54 Å². The lowest BCUT2D eigenvalue weighted by Crippen LogP contribution is -2.46. The Morgan fingerprint density at radius 3 is 2.38 bits per heavy atom. The molecule has 3 amide bonds. The summed E-state index contributed by atoms with van der Waals surface area (Å²) in [6.07, 6.45) is 0.653. The highest BCUT2D eigenvalue weighted by molar-refractivity contribution is 5.85. The fourth-order valence-corrected chi connectivity index (χ4v) is 1.04. The second kappa shape index (κ2) is 7.49. The van der Waals surface area contributed by atoms with Gasteiger partial charge in [0.15, 0.2) is 0 Å². The fourth-order valence-electron chi connectivity index (χ4n) is 1.04. The van der Waals surface area contributed by atoms with Gasteiger partial charge in [-0.3, -0.25) is 9.59 Å². The lowest BCUT2D eigenvalue weighted by Gasteiger charge is -2.20. The van der Waals surface area contributed by atoms with E-state index in [0.29, 0.717) is 13.0 Å². The van der Waals surface area contributed by atoms with Crippen LogP contribution in [0.5, 0.6) is 0 Å². The lowest BCUT2D eigenvalue weighted by atomic mass is 10.4. The quantitative estimate of drug-likeness (QED) is 0.559. The van der Waals surface area contributed by atoms with Crippen LogP contribution in [0.2, 0.25) is 0 Å². The minimum atomic E-state index is -1.08. The Kier molecular flexibility index (Phi) is 6.66. The third-order valence-electron chi connectivity index (χ3n) is 1.79. The van der Waals surface area contributed by atoms with Crippen LogP contribution in [0, 0.1) is 0 Å². The number of carbonyl (C=O) groups excluding carboxylic acids is 2. The van der Waals surface area contributed by atoms with Crippen molar-refractivity contribution in [1.82, 2.24) is 15.5 Å². The molecule has 0 spiro atoms. The number of amides is 3. The van der Waals surface area contributed by atoms with Gasteiger partial charge in [0.25, 0.3) is 0 Å². The predicted molar refractivity (Wildman–Crippen MR) is 57.0 cm³/mol. The van der Waals surface area contributed by atoms with Crippen molar-refractivity contribution in [3.05, 3.63) is 0 Å². The maximum atomic E-state index is 11.5. The van der Waals surface area contributed by atoms with E-state index in [9.17, 15) is 14.4 Å². The number of carboxylic acids is 1. The van der Waals surface area contributed by atoms with Crippen molar-refractivity contribution >= 4 is 17.9 Å².